The lowest BCUT2D eigenvalue weighted by atomic mass is 9.81. The van der Waals surface area contributed by atoms with Crippen LogP contribution in [0.5, 0.6) is 0 Å². The van der Waals surface area contributed by atoms with Gasteiger partial charge in [-0.2, -0.15) is 0 Å². The van der Waals surface area contributed by atoms with E-state index < -0.39 is 0 Å². The van der Waals surface area contributed by atoms with E-state index in [1.54, 1.807) is 0 Å². The molecule has 3 nitrogen and oxygen atoms in total. The average molecular weight is 240 g/mol. The van der Waals surface area contributed by atoms with E-state index in [1.807, 2.05) is 0 Å². The Morgan fingerprint density at radius 3 is 2.47 bits per heavy atom. The molecule has 3 heteroatoms. The van der Waals surface area contributed by atoms with Crippen LogP contribution in [0.15, 0.2) is 0 Å². The van der Waals surface area contributed by atoms with E-state index in [4.69, 9.17) is 10.5 Å². The molecule has 2 unspecified atom stereocenters. The van der Waals surface area contributed by atoms with Crippen molar-refractivity contribution in [2.75, 3.05) is 26.3 Å². The zero-order chi connectivity index (χ0) is 12.4. The molecule has 1 saturated heterocycles. The van der Waals surface area contributed by atoms with Crippen molar-refractivity contribution >= 4 is 0 Å². The van der Waals surface area contributed by atoms with Gasteiger partial charge in [-0.3, -0.25) is 0 Å². The first-order chi connectivity index (χ1) is 8.04. The minimum absolute atomic E-state index is 0.321. The van der Waals surface area contributed by atoms with Crippen LogP contribution in [0.25, 0.3) is 0 Å². The molecule has 0 aromatic carbocycles. The molecule has 0 aromatic rings. The molecule has 2 rings (SSSR count). The number of nitrogens with two attached hydrogens (primary N) is 1. The second-order valence-corrected chi connectivity index (χ2v) is 6.68. The van der Waals surface area contributed by atoms with Crippen LogP contribution >= 0.6 is 0 Å². The van der Waals surface area contributed by atoms with Gasteiger partial charge < -0.3 is 15.8 Å². The first-order valence-electron chi connectivity index (χ1n) is 7.08. The quantitative estimate of drug-likeness (QED) is 0.789. The maximum atomic E-state index is 6.21. The molecule has 1 aliphatic carbocycles. The van der Waals surface area contributed by atoms with E-state index in [0.717, 1.165) is 26.3 Å². The van der Waals surface area contributed by atoms with E-state index in [2.05, 4.69) is 19.2 Å². The molecule has 2 aliphatic rings. The van der Waals surface area contributed by atoms with Crippen molar-refractivity contribution in [3.05, 3.63) is 0 Å². The molecule has 0 aromatic heterocycles. The van der Waals surface area contributed by atoms with Gasteiger partial charge >= 0.3 is 0 Å². The average Bonchev–Trinajstić information content (AvgIpc) is 2.60. The van der Waals surface area contributed by atoms with Crippen molar-refractivity contribution in [1.82, 2.24) is 5.32 Å². The molecule has 0 amide bonds. The maximum Gasteiger partial charge on any atom is 0.0471 e. The summed E-state index contributed by atoms with van der Waals surface area (Å²) in [6.45, 7) is 8.75. The van der Waals surface area contributed by atoms with Crippen molar-refractivity contribution in [3.8, 4) is 0 Å². The van der Waals surface area contributed by atoms with Gasteiger partial charge in [0.25, 0.3) is 0 Å². The Hall–Kier alpha value is -0.120. The topological polar surface area (TPSA) is 47.3 Å². The molecule has 17 heavy (non-hydrogen) atoms. The normalized spacial score (nSPS) is 37.2. The zero-order valence-electron chi connectivity index (χ0n) is 11.4. The minimum Gasteiger partial charge on any atom is -0.381 e. The smallest absolute Gasteiger partial charge is 0.0471 e. The first kappa shape index (κ1) is 13.3. The van der Waals surface area contributed by atoms with Crippen molar-refractivity contribution in [2.24, 2.45) is 16.6 Å². The second-order valence-electron chi connectivity index (χ2n) is 6.68. The van der Waals surface area contributed by atoms with Gasteiger partial charge in [-0.15, -0.1) is 0 Å². The molecular formula is C14H28N2O. The van der Waals surface area contributed by atoms with E-state index in [-0.39, 0.29) is 0 Å². The summed E-state index contributed by atoms with van der Waals surface area (Å²) >= 11 is 0. The molecule has 100 valence electrons. The summed E-state index contributed by atoms with van der Waals surface area (Å²) in [6.07, 6.45) is 6.14. The lowest BCUT2D eigenvalue weighted by Gasteiger charge is -2.36. The third-order valence-corrected chi connectivity index (χ3v) is 4.94. The van der Waals surface area contributed by atoms with Crippen LogP contribution in [-0.4, -0.2) is 32.3 Å². The van der Waals surface area contributed by atoms with Gasteiger partial charge in [-0.05, 0) is 36.5 Å². The van der Waals surface area contributed by atoms with Crippen LogP contribution in [0.3, 0.4) is 0 Å². The Labute approximate surface area is 105 Å². The molecule has 0 spiro atoms. The Kier molecular flexibility index (Phi) is 4.11. The fraction of sp³-hybridized carbons (Fsp3) is 1.00. The van der Waals surface area contributed by atoms with Crippen LogP contribution in [0.4, 0.5) is 0 Å². The third-order valence-electron chi connectivity index (χ3n) is 4.94. The van der Waals surface area contributed by atoms with Crippen LogP contribution in [-0.2, 0) is 4.74 Å². The van der Waals surface area contributed by atoms with Crippen molar-refractivity contribution in [3.63, 3.8) is 0 Å². The van der Waals surface area contributed by atoms with E-state index in [9.17, 15) is 0 Å². The molecule has 2 atom stereocenters. The van der Waals surface area contributed by atoms with Crippen LogP contribution in [0.2, 0.25) is 0 Å². The standard InChI is InChI=1S/C14H28N2O/c1-13(6-8-17-9-7-13)10-16-11-14(2)5-3-4-12(14)15/h12,16H,3-11,15H2,1-2H3. The molecule has 2 fully saturated rings. The largest absolute Gasteiger partial charge is 0.381 e. The second kappa shape index (κ2) is 5.25. The van der Waals surface area contributed by atoms with Gasteiger partial charge in [0.05, 0.1) is 0 Å². The lowest BCUT2D eigenvalue weighted by molar-refractivity contribution is 0.0229. The van der Waals surface area contributed by atoms with E-state index in [1.165, 1.54) is 32.1 Å². The van der Waals surface area contributed by atoms with E-state index in [0.29, 0.717) is 16.9 Å². The highest BCUT2D eigenvalue weighted by atomic mass is 16.5. The highest BCUT2D eigenvalue weighted by Gasteiger charge is 2.36. The number of rotatable bonds is 4. The monoisotopic (exact) mass is 240 g/mol. The predicted octanol–water partition coefficient (Wildman–Crippen LogP) is 1.91. The van der Waals surface area contributed by atoms with Gasteiger partial charge in [-0.1, -0.05) is 20.3 Å². The minimum atomic E-state index is 0.321. The summed E-state index contributed by atoms with van der Waals surface area (Å²) in [5.74, 6) is 0. The predicted molar refractivity (Wildman–Crippen MR) is 71.0 cm³/mol. The highest BCUT2D eigenvalue weighted by Crippen LogP contribution is 2.36. The van der Waals surface area contributed by atoms with Crippen LogP contribution in [0, 0.1) is 10.8 Å². The number of nitrogens with one attached hydrogen (secondary N) is 1. The summed E-state index contributed by atoms with van der Waals surface area (Å²) < 4.78 is 5.43. The van der Waals surface area contributed by atoms with Gasteiger partial charge in [0.15, 0.2) is 0 Å². The summed E-state index contributed by atoms with van der Waals surface area (Å²) in [5, 5.41) is 3.67. The molecule has 1 heterocycles. The van der Waals surface area contributed by atoms with Crippen molar-refractivity contribution in [1.29, 1.82) is 0 Å². The molecule has 1 aliphatic heterocycles. The fourth-order valence-corrected chi connectivity index (χ4v) is 3.17. The fourth-order valence-electron chi connectivity index (χ4n) is 3.17. The molecule has 0 radical (unpaired) electrons. The van der Waals surface area contributed by atoms with Gasteiger partial charge in [0, 0.05) is 32.3 Å². The van der Waals surface area contributed by atoms with Gasteiger partial charge in [0.1, 0.15) is 0 Å². The molecule has 0 bridgehead atoms. The third kappa shape index (κ3) is 3.21. The van der Waals surface area contributed by atoms with Crippen LogP contribution in [0.1, 0.15) is 46.0 Å². The summed E-state index contributed by atoms with van der Waals surface area (Å²) in [5.41, 5.74) is 6.95. The Morgan fingerprint density at radius 1 is 1.18 bits per heavy atom. The molecule has 3 N–H and O–H groups in total. The van der Waals surface area contributed by atoms with E-state index >= 15 is 0 Å². The lowest BCUT2D eigenvalue weighted by Crippen LogP contribution is -2.45. The first-order valence-corrected chi connectivity index (χ1v) is 7.08. The Bertz CT molecular complexity index is 251. The summed E-state index contributed by atoms with van der Waals surface area (Å²) in [7, 11) is 0. The van der Waals surface area contributed by atoms with Crippen molar-refractivity contribution < 1.29 is 4.74 Å². The Morgan fingerprint density at radius 2 is 1.88 bits per heavy atom. The van der Waals surface area contributed by atoms with Crippen LogP contribution < -0.4 is 11.1 Å². The van der Waals surface area contributed by atoms with Gasteiger partial charge in [0.2, 0.25) is 0 Å². The number of hydrogen-bond acceptors (Lipinski definition) is 3. The zero-order valence-corrected chi connectivity index (χ0v) is 11.4. The summed E-state index contributed by atoms with van der Waals surface area (Å²) in [6, 6.07) is 0.387. The van der Waals surface area contributed by atoms with Gasteiger partial charge in [-0.25, -0.2) is 0 Å². The molecular weight excluding hydrogens is 212 g/mol. The highest BCUT2D eigenvalue weighted by molar-refractivity contribution is 4.93. The number of hydrogen-bond donors (Lipinski definition) is 2. The maximum absolute atomic E-state index is 6.21. The SMILES string of the molecule is CC1(CNCC2(C)CCCC2N)CCOCC1. The number of ether oxygens (including phenoxy) is 1. The van der Waals surface area contributed by atoms with Crippen molar-refractivity contribution in [2.45, 2.75) is 52.0 Å². The molecule has 1 saturated carbocycles. The Balaban J connectivity index is 1.75. The summed E-state index contributed by atoms with van der Waals surface area (Å²) in [4.78, 5) is 0.